The molecule has 4 rings (SSSR count). The molecule has 3 aromatic rings. The Morgan fingerprint density at radius 3 is 2.71 bits per heavy atom. The molecule has 2 aromatic heterocycles. The van der Waals surface area contributed by atoms with Crippen molar-refractivity contribution in [3.05, 3.63) is 41.9 Å². The van der Waals surface area contributed by atoms with Gasteiger partial charge in [0.1, 0.15) is 5.58 Å². The summed E-state index contributed by atoms with van der Waals surface area (Å²) in [6, 6.07) is 5.57. The zero-order chi connectivity index (χ0) is 16.7. The molecule has 0 unspecified atom stereocenters. The second-order valence-corrected chi connectivity index (χ2v) is 5.84. The standard InChI is InChI=1S/C18H16N2O4/c1-11(21)17-16(18(22)20-4-6-23-7-5-20)14-8-13-10-19-3-2-12(13)9-15(14)24-17/h2-3,8-10H,4-7H2,1H3. The van der Waals surface area contributed by atoms with Gasteiger partial charge in [0, 0.05) is 43.2 Å². The molecule has 0 saturated carbocycles. The van der Waals surface area contributed by atoms with Crippen LogP contribution in [0.15, 0.2) is 35.0 Å². The largest absolute Gasteiger partial charge is 0.452 e. The lowest BCUT2D eigenvalue weighted by molar-refractivity contribution is 0.0302. The first kappa shape index (κ1) is 14.8. The van der Waals surface area contributed by atoms with Gasteiger partial charge in [0.25, 0.3) is 5.91 Å². The van der Waals surface area contributed by atoms with Gasteiger partial charge in [-0.15, -0.1) is 0 Å². The van der Waals surface area contributed by atoms with Crippen LogP contribution in [-0.2, 0) is 4.74 Å². The van der Waals surface area contributed by atoms with Crippen molar-refractivity contribution in [1.29, 1.82) is 0 Å². The van der Waals surface area contributed by atoms with E-state index in [1.807, 2.05) is 18.2 Å². The number of rotatable bonds is 2. The number of amides is 1. The van der Waals surface area contributed by atoms with E-state index in [1.165, 1.54) is 6.92 Å². The molecule has 0 spiro atoms. The third kappa shape index (κ3) is 2.35. The van der Waals surface area contributed by atoms with E-state index in [0.29, 0.717) is 42.8 Å². The van der Waals surface area contributed by atoms with Gasteiger partial charge in [0.15, 0.2) is 11.5 Å². The van der Waals surface area contributed by atoms with Crippen molar-refractivity contribution in [3.8, 4) is 0 Å². The molecule has 1 aliphatic heterocycles. The van der Waals surface area contributed by atoms with E-state index < -0.39 is 0 Å². The molecule has 1 fully saturated rings. The van der Waals surface area contributed by atoms with Crippen molar-refractivity contribution in [2.75, 3.05) is 26.3 Å². The van der Waals surface area contributed by atoms with Gasteiger partial charge in [-0.25, -0.2) is 0 Å². The predicted octanol–water partition coefficient (Wildman–Crippen LogP) is 2.66. The molecular formula is C18H16N2O4. The fourth-order valence-electron chi connectivity index (χ4n) is 3.06. The monoisotopic (exact) mass is 324 g/mol. The highest BCUT2D eigenvalue weighted by Gasteiger charge is 2.28. The normalized spacial score (nSPS) is 15.1. The molecule has 6 nitrogen and oxygen atoms in total. The van der Waals surface area contributed by atoms with Crippen molar-refractivity contribution < 1.29 is 18.7 Å². The maximum absolute atomic E-state index is 13.0. The van der Waals surface area contributed by atoms with Gasteiger partial charge in [-0.3, -0.25) is 14.6 Å². The topological polar surface area (TPSA) is 72.6 Å². The van der Waals surface area contributed by atoms with Gasteiger partial charge in [0.2, 0.25) is 0 Å². The van der Waals surface area contributed by atoms with E-state index in [1.54, 1.807) is 17.3 Å². The molecule has 1 amide bonds. The predicted molar refractivity (Wildman–Crippen MR) is 88.2 cm³/mol. The number of nitrogens with zero attached hydrogens (tertiary/aromatic N) is 2. The summed E-state index contributed by atoms with van der Waals surface area (Å²) in [4.78, 5) is 30.8. The number of pyridine rings is 1. The summed E-state index contributed by atoms with van der Waals surface area (Å²) in [5, 5.41) is 2.50. The maximum atomic E-state index is 13.0. The number of ether oxygens (including phenoxy) is 1. The smallest absolute Gasteiger partial charge is 0.258 e. The number of hydrogen-bond acceptors (Lipinski definition) is 5. The Hall–Kier alpha value is -2.73. The number of Topliss-reactive ketones (excluding diaryl/α,β-unsaturated/α-hetero) is 1. The molecule has 0 aliphatic carbocycles. The molecule has 24 heavy (non-hydrogen) atoms. The molecule has 1 aliphatic rings. The number of fused-ring (bicyclic) bond motifs is 2. The first-order valence-electron chi connectivity index (χ1n) is 7.83. The Morgan fingerprint density at radius 1 is 1.17 bits per heavy atom. The number of benzene rings is 1. The summed E-state index contributed by atoms with van der Waals surface area (Å²) in [7, 11) is 0. The number of ketones is 1. The van der Waals surface area contributed by atoms with Crippen LogP contribution in [0.5, 0.6) is 0 Å². The van der Waals surface area contributed by atoms with Crippen LogP contribution in [0.3, 0.4) is 0 Å². The van der Waals surface area contributed by atoms with Crippen LogP contribution in [0.2, 0.25) is 0 Å². The van der Waals surface area contributed by atoms with E-state index in [0.717, 1.165) is 10.8 Å². The summed E-state index contributed by atoms with van der Waals surface area (Å²) in [5.74, 6) is -0.333. The van der Waals surface area contributed by atoms with Crippen LogP contribution in [0, 0.1) is 0 Å². The summed E-state index contributed by atoms with van der Waals surface area (Å²) in [5.41, 5.74) is 0.876. The van der Waals surface area contributed by atoms with E-state index in [2.05, 4.69) is 4.98 Å². The number of hydrogen-bond donors (Lipinski definition) is 0. The Kier molecular flexibility index (Phi) is 3.54. The summed E-state index contributed by atoms with van der Waals surface area (Å²) >= 11 is 0. The molecule has 0 atom stereocenters. The molecule has 0 radical (unpaired) electrons. The van der Waals surface area contributed by atoms with E-state index in [9.17, 15) is 9.59 Å². The molecule has 1 aromatic carbocycles. The summed E-state index contributed by atoms with van der Waals surface area (Å²) < 4.78 is 11.0. The highest BCUT2D eigenvalue weighted by Crippen LogP contribution is 2.31. The Balaban J connectivity index is 1.93. The second kappa shape index (κ2) is 5.72. The molecular weight excluding hydrogens is 308 g/mol. The highest BCUT2D eigenvalue weighted by atomic mass is 16.5. The first-order chi connectivity index (χ1) is 11.6. The molecule has 0 bridgehead atoms. The molecule has 122 valence electrons. The van der Waals surface area contributed by atoms with E-state index >= 15 is 0 Å². The molecule has 3 heterocycles. The number of furan rings is 1. The lowest BCUT2D eigenvalue weighted by Gasteiger charge is -2.26. The van der Waals surface area contributed by atoms with E-state index in [-0.39, 0.29) is 17.5 Å². The molecule has 0 N–H and O–H groups in total. The minimum atomic E-state index is -0.259. The number of carbonyl (C=O) groups is 2. The zero-order valence-electron chi connectivity index (χ0n) is 13.2. The summed E-state index contributed by atoms with van der Waals surface area (Å²) in [6.07, 6.45) is 3.43. The van der Waals surface area contributed by atoms with Gasteiger partial charge < -0.3 is 14.1 Å². The third-order valence-corrected chi connectivity index (χ3v) is 4.28. The zero-order valence-corrected chi connectivity index (χ0v) is 13.2. The minimum absolute atomic E-state index is 0.116. The Morgan fingerprint density at radius 2 is 1.96 bits per heavy atom. The van der Waals surface area contributed by atoms with Crippen molar-refractivity contribution in [2.24, 2.45) is 0 Å². The number of aromatic nitrogens is 1. The second-order valence-electron chi connectivity index (χ2n) is 5.84. The quantitative estimate of drug-likeness (QED) is 0.678. The number of morpholine rings is 1. The third-order valence-electron chi connectivity index (χ3n) is 4.28. The van der Waals surface area contributed by atoms with Crippen LogP contribution in [0.1, 0.15) is 27.8 Å². The lowest BCUT2D eigenvalue weighted by Crippen LogP contribution is -2.41. The van der Waals surface area contributed by atoms with Gasteiger partial charge in [0.05, 0.1) is 18.8 Å². The van der Waals surface area contributed by atoms with Gasteiger partial charge in [-0.05, 0) is 23.6 Å². The Labute approximate surface area is 138 Å². The van der Waals surface area contributed by atoms with Gasteiger partial charge in [-0.1, -0.05) is 0 Å². The fourth-order valence-corrected chi connectivity index (χ4v) is 3.06. The van der Waals surface area contributed by atoms with Crippen LogP contribution in [0.25, 0.3) is 21.7 Å². The van der Waals surface area contributed by atoms with Crippen LogP contribution in [0.4, 0.5) is 0 Å². The van der Waals surface area contributed by atoms with Crippen LogP contribution >= 0.6 is 0 Å². The highest BCUT2D eigenvalue weighted by molar-refractivity contribution is 6.16. The SMILES string of the molecule is CC(=O)c1oc2cc3ccncc3cc2c1C(=O)N1CCOCC1. The average Bonchev–Trinajstić information content (AvgIpc) is 2.98. The van der Waals surface area contributed by atoms with Gasteiger partial charge >= 0.3 is 0 Å². The average molecular weight is 324 g/mol. The molecule has 6 heteroatoms. The minimum Gasteiger partial charge on any atom is -0.452 e. The molecule has 1 saturated heterocycles. The summed E-state index contributed by atoms with van der Waals surface area (Å²) in [6.45, 7) is 3.44. The fraction of sp³-hybridized carbons (Fsp3) is 0.278. The first-order valence-corrected chi connectivity index (χ1v) is 7.83. The maximum Gasteiger partial charge on any atom is 0.258 e. The lowest BCUT2D eigenvalue weighted by atomic mass is 10.0. The van der Waals surface area contributed by atoms with Crippen molar-refractivity contribution in [1.82, 2.24) is 9.88 Å². The van der Waals surface area contributed by atoms with Gasteiger partial charge in [-0.2, -0.15) is 0 Å². The number of carbonyl (C=O) groups excluding carboxylic acids is 2. The van der Waals surface area contributed by atoms with E-state index in [4.69, 9.17) is 9.15 Å². The Bertz CT molecular complexity index is 954. The van der Waals surface area contributed by atoms with Crippen LogP contribution in [-0.4, -0.2) is 47.9 Å². The van der Waals surface area contributed by atoms with Crippen molar-refractivity contribution >= 4 is 33.4 Å². The van der Waals surface area contributed by atoms with Crippen molar-refractivity contribution in [2.45, 2.75) is 6.92 Å². The van der Waals surface area contributed by atoms with Crippen molar-refractivity contribution in [3.63, 3.8) is 0 Å². The van der Waals surface area contributed by atoms with Crippen LogP contribution < -0.4 is 0 Å².